The molecule has 0 radical (unpaired) electrons. The van der Waals surface area contributed by atoms with E-state index in [1.165, 1.54) is 32.1 Å². The molecule has 1 aromatic rings. The molecule has 1 saturated carbocycles. The van der Waals surface area contributed by atoms with E-state index in [-0.39, 0.29) is 5.91 Å². The van der Waals surface area contributed by atoms with Crippen molar-refractivity contribution in [3.63, 3.8) is 0 Å². The predicted octanol–water partition coefficient (Wildman–Crippen LogP) is 4.44. The molecule has 3 rings (SSSR count). The summed E-state index contributed by atoms with van der Waals surface area (Å²) < 4.78 is 0. The molecule has 1 aliphatic carbocycles. The molecule has 0 bridgehead atoms. The van der Waals surface area contributed by atoms with E-state index in [1.807, 2.05) is 0 Å². The molecule has 1 aliphatic heterocycles. The van der Waals surface area contributed by atoms with Gasteiger partial charge >= 0.3 is 0 Å². The minimum Gasteiger partial charge on any atom is -0.324 e. The van der Waals surface area contributed by atoms with E-state index >= 15 is 0 Å². The van der Waals surface area contributed by atoms with Crippen LogP contribution in [-0.4, -0.2) is 30.4 Å². The molecule has 2 aliphatic rings. The number of benzene rings is 1. The van der Waals surface area contributed by atoms with Crippen molar-refractivity contribution in [2.24, 2.45) is 11.8 Å². The van der Waals surface area contributed by atoms with E-state index in [4.69, 9.17) is 23.2 Å². The summed E-state index contributed by atoms with van der Waals surface area (Å²) in [5.74, 6) is 1.65. The monoisotopic (exact) mass is 340 g/mol. The van der Waals surface area contributed by atoms with Crippen LogP contribution < -0.4 is 5.32 Å². The van der Waals surface area contributed by atoms with Crippen molar-refractivity contribution in [1.29, 1.82) is 0 Å². The maximum absolute atomic E-state index is 12.2. The fourth-order valence-electron chi connectivity index (χ4n) is 3.81. The average molecular weight is 341 g/mol. The van der Waals surface area contributed by atoms with Gasteiger partial charge in [-0.15, -0.1) is 0 Å². The summed E-state index contributed by atoms with van der Waals surface area (Å²) >= 11 is 12.1. The van der Waals surface area contributed by atoms with Crippen LogP contribution in [0.3, 0.4) is 0 Å². The van der Waals surface area contributed by atoms with Crippen LogP contribution in [0.15, 0.2) is 18.2 Å². The molecule has 120 valence electrons. The summed E-state index contributed by atoms with van der Waals surface area (Å²) in [7, 11) is 0. The highest BCUT2D eigenvalue weighted by Crippen LogP contribution is 2.36. The normalized spacial score (nSPS) is 25.5. The van der Waals surface area contributed by atoms with Crippen molar-refractivity contribution in [1.82, 2.24) is 4.90 Å². The molecule has 2 atom stereocenters. The minimum absolute atomic E-state index is 0.0153. The van der Waals surface area contributed by atoms with Crippen molar-refractivity contribution < 1.29 is 4.79 Å². The van der Waals surface area contributed by atoms with E-state index in [0.717, 1.165) is 24.9 Å². The van der Waals surface area contributed by atoms with E-state index in [9.17, 15) is 4.79 Å². The fourth-order valence-corrected chi connectivity index (χ4v) is 4.16. The Balaban J connectivity index is 1.54. The lowest BCUT2D eigenvalue weighted by atomic mass is 9.75. The number of carbonyl (C=O) groups is 1. The van der Waals surface area contributed by atoms with Crippen LogP contribution in [0, 0.1) is 11.8 Å². The minimum atomic E-state index is -0.0153. The smallest absolute Gasteiger partial charge is 0.238 e. The summed E-state index contributed by atoms with van der Waals surface area (Å²) in [5.41, 5.74) is 0.590. The summed E-state index contributed by atoms with van der Waals surface area (Å²) in [6, 6.07) is 5.28. The van der Waals surface area contributed by atoms with Crippen molar-refractivity contribution in [3.05, 3.63) is 28.2 Å². The molecule has 1 saturated heterocycles. The Kier molecular flexibility index (Phi) is 5.27. The molecule has 5 heteroatoms. The fraction of sp³-hybridized carbons (Fsp3) is 0.588. The molecular weight excluding hydrogens is 319 g/mol. The molecule has 3 nitrogen and oxygen atoms in total. The van der Waals surface area contributed by atoms with Crippen LogP contribution in [0.2, 0.25) is 10.0 Å². The van der Waals surface area contributed by atoms with Gasteiger partial charge in [0.25, 0.3) is 0 Å². The topological polar surface area (TPSA) is 32.3 Å². The van der Waals surface area contributed by atoms with Crippen molar-refractivity contribution in [2.45, 2.75) is 32.1 Å². The Morgan fingerprint density at radius 2 is 1.95 bits per heavy atom. The van der Waals surface area contributed by atoms with Crippen LogP contribution in [0.4, 0.5) is 5.69 Å². The number of carbonyl (C=O) groups excluding carboxylic acids is 1. The molecular formula is C17H22Cl2N2O. The molecule has 1 N–H and O–H groups in total. The number of rotatable bonds is 3. The van der Waals surface area contributed by atoms with Gasteiger partial charge in [-0.3, -0.25) is 9.69 Å². The molecule has 1 amide bonds. The van der Waals surface area contributed by atoms with Crippen molar-refractivity contribution >= 4 is 34.8 Å². The Labute approximate surface area is 142 Å². The zero-order valence-corrected chi connectivity index (χ0v) is 14.2. The molecule has 0 spiro atoms. The van der Waals surface area contributed by atoms with Crippen LogP contribution in [-0.2, 0) is 4.79 Å². The summed E-state index contributed by atoms with van der Waals surface area (Å²) in [6.07, 6.45) is 6.66. The van der Waals surface area contributed by atoms with Gasteiger partial charge in [0.2, 0.25) is 5.91 Å². The molecule has 2 fully saturated rings. The van der Waals surface area contributed by atoms with Gasteiger partial charge in [-0.1, -0.05) is 48.5 Å². The first-order valence-electron chi connectivity index (χ1n) is 8.09. The molecule has 1 aromatic carbocycles. The number of fused-ring (bicyclic) bond motifs is 1. The quantitative estimate of drug-likeness (QED) is 0.881. The lowest BCUT2D eigenvalue weighted by molar-refractivity contribution is -0.118. The van der Waals surface area contributed by atoms with E-state index in [2.05, 4.69) is 10.2 Å². The number of nitrogens with one attached hydrogen (secondary N) is 1. The third kappa shape index (κ3) is 3.76. The van der Waals surface area contributed by atoms with Crippen molar-refractivity contribution in [2.75, 3.05) is 25.0 Å². The number of halogens is 2. The maximum atomic E-state index is 12.2. The van der Waals surface area contributed by atoms with Gasteiger partial charge in [0.1, 0.15) is 0 Å². The molecule has 0 aromatic heterocycles. The SMILES string of the molecule is O=C(CN1CCC2CCCCC2C1)Nc1cccc(Cl)c1Cl. The number of hydrogen-bond acceptors (Lipinski definition) is 2. The number of piperidine rings is 1. The van der Waals surface area contributed by atoms with Gasteiger partial charge in [-0.05, 0) is 43.4 Å². The lowest BCUT2D eigenvalue weighted by Crippen LogP contribution is -2.44. The lowest BCUT2D eigenvalue weighted by Gasteiger charge is -2.41. The zero-order valence-electron chi connectivity index (χ0n) is 12.7. The number of anilines is 1. The Bertz CT molecular complexity index is 549. The molecule has 1 heterocycles. The Morgan fingerprint density at radius 3 is 2.77 bits per heavy atom. The van der Waals surface area contributed by atoms with Crippen molar-refractivity contribution in [3.8, 4) is 0 Å². The van der Waals surface area contributed by atoms with Gasteiger partial charge in [0, 0.05) is 6.54 Å². The highest BCUT2D eigenvalue weighted by molar-refractivity contribution is 6.43. The highest BCUT2D eigenvalue weighted by atomic mass is 35.5. The van der Waals surface area contributed by atoms with Gasteiger partial charge in [-0.25, -0.2) is 0 Å². The third-order valence-electron chi connectivity index (χ3n) is 4.97. The third-order valence-corrected chi connectivity index (χ3v) is 5.79. The number of nitrogens with zero attached hydrogens (tertiary/aromatic N) is 1. The van der Waals surface area contributed by atoms with Crippen LogP contribution >= 0.6 is 23.2 Å². The predicted molar refractivity (Wildman–Crippen MR) is 91.6 cm³/mol. The van der Waals surface area contributed by atoms with Gasteiger partial charge in [-0.2, -0.15) is 0 Å². The van der Waals surface area contributed by atoms with E-state index in [1.54, 1.807) is 18.2 Å². The first-order chi connectivity index (χ1) is 10.6. The second-order valence-corrected chi connectivity index (χ2v) is 7.26. The Hall–Kier alpha value is -0.770. The number of likely N-dealkylation sites (tertiary alicyclic amines) is 1. The highest BCUT2D eigenvalue weighted by Gasteiger charge is 2.31. The van der Waals surface area contributed by atoms with Gasteiger partial charge in [0.05, 0.1) is 22.3 Å². The maximum Gasteiger partial charge on any atom is 0.238 e. The second kappa shape index (κ2) is 7.20. The average Bonchev–Trinajstić information content (AvgIpc) is 2.52. The van der Waals surface area contributed by atoms with E-state index < -0.39 is 0 Å². The van der Waals surface area contributed by atoms with Gasteiger partial charge < -0.3 is 5.32 Å². The first-order valence-corrected chi connectivity index (χ1v) is 8.85. The molecule has 22 heavy (non-hydrogen) atoms. The van der Waals surface area contributed by atoms with Gasteiger partial charge in [0.15, 0.2) is 0 Å². The van der Waals surface area contributed by atoms with Crippen LogP contribution in [0.1, 0.15) is 32.1 Å². The summed E-state index contributed by atoms with van der Waals surface area (Å²) in [5, 5.41) is 3.74. The number of hydrogen-bond donors (Lipinski definition) is 1. The second-order valence-electron chi connectivity index (χ2n) is 6.48. The standard InChI is InChI=1S/C17H22Cl2N2O/c18-14-6-3-7-15(17(14)19)20-16(22)11-21-9-8-12-4-1-2-5-13(12)10-21/h3,6-7,12-13H,1-2,4-5,8-11H2,(H,20,22). The summed E-state index contributed by atoms with van der Waals surface area (Å²) in [4.78, 5) is 14.5. The van der Waals surface area contributed by atoms with E-state index in [0.29, 0.717) is 22.3 Å². The van der Waals surface area contributed by atoms with Crippen LogP contribution in [0.25, 0.3) is 0 Å². The molecule has 2 unspecified atom stereocenters. The van der Waals surface area contributed by atoms with Crippen LogP contribution in [0.5, 0.6) is 0 Å². The zero-order chi connectivity index (χ0) is 15.5. The largest absolute Gasteiger partial charge is 0.324 e. The first kappa shape index (κ1) is 16.1. The number of amides is 1. The Morgan fingerprint density at radius 1 is 1.18 bits per heavy atom. The summed E-state index contributed by atoms with van der Waals surface area (Å²) in [6.45, 7) is 2.52.